The predicted octanol–water partition coefficient (Wildman–Crippen LogP) is 0.256. The number of nitrogens with zero attached hydrogens (tertiary/aromatic N) is 6. The maximum absolute atomic E-state index is 12.5. The van der Waals surface area contributed by atoms with Crippen molar-refractivity contribution in [2.75, 3.05) is 44.4 Å². The van der Waals surface area contributed by atoms with Gasteiger partial charge < -0.3 is 24.3 Å². The molecular formula is C12H18N6O7. The number of hydrogen-bond acceptors (Lipinski definition) is 11. The minimum absolute atomic E-state index is 0.0638. The van der Waals surface area contributed by atoms with Crippen LogP contribution in [0, 0.1) is 15.3 Å². The van der Waals surface area contributed by atoms with Gasteiger partial charge in [0.2, 0.25) is 5.82 Å². The van der Waals surface area contributed by atoms with Gasteiger partial charge in [0.1, 0.15) is 4.92 Å². The molecule has 0 N–H and O–H groups in total. The summed E-state index contributed by atoms with van der Waals surface area (Å²) in [6, 6.07) is 0. The number of azo groups is 1. The molecular weight excluding hydrogens is 340 g/mol. The van der Waals surface area contributed by atoms with E-state index >= 15 is 0 Å². The second kappa shape index (κ2) is 6.50. The van der Waals surface area contributed by atoms with E-state index in [1.807, 2.05) is 0 Å². The van der Waals surface area contributed by atoms with E-state index in [2.05, 4.69) is 20.1 Å². The molecule has 2 saturated heterocycles. The quantitative estimate of drug-likeness (QED) is 0.241. The van der Waals surface area contributed by atoms with Crippen molar-refractivity contribution in [2.45, 2.75) is 25.3 Å². The van der Waals surface area contributed by atoms with E-state index in [-0.39, 0.29) is 16.5 Å². The molecule has 2 fully saturated rings. The van der Waals surface area contributed by atoms with Gasteiger partial charge in [0.15, 0.2) is 19.0 Å². The molecule has 13 heteroatoms. The third-order valence-corrected chi connectivity index (χ3v) is 3.95. The topological polar surface area (TPSA) is 151 Å². The SMILES string of the molecule is CC1(C)OCC([N+](=O)[O-])([N+]([O-])=Nc2nonc2N2CCOCC2)CO1. The molecule has 3 rings (SSSR count). The first-order chi connectivity index (χ1) is 11.8. The second-order valence-electron chi connectivity index (χ2n) is 6.10. The Morgan fingerprint density at radius 3 is 2.40 bits per heavy atom. The van der Waals surface area contributed by atoms with E-state index in [4.69, 9.17) is 14.2 Å². The van der Waals surface area contributed by atoms with Crippen LogP contribution in [0.25, 0.3) is 0 Å². The first-order valence-electron chi connectivity index (χ1n) is 7.61. The molecule has 0 amide bonds. The van der Waals surface area contributed by atoms with Crippen LogP contribution in [0.2, 0.25) is 0 Å². The van der Waals surface area contributed by atoms with Crippen molar-refractivity contribution in [3.05, 3.63) is 15.3 Å². The Hall–Kier alpha value is -2.38. The molecule has 0 aromatic carbocycles. The van der Waals surface area contributed by atoms with Gasteiger partial charge in [-0.2, -0.15) is 0 Å². The number of hydroxylamine groups is 1. The maximum atomic E-state index is 12.5. The van der Waals surface area contributed by atoms with Crippen molar-refractivity contribution in [1.29, 1.82) is 0 Å². The highest BCUT2D eigenvalue weighted by Gasteiger charge is 2.60. The molecule has 0 spiro atoms. The van der Waals surface area contributed by atoms with E-state index in [9.17, 15) is 15.3 Å². The molecule has 13 nitrogen and oxygen atoms in total. The van der Waals surface area contributed by atoms with Gasteiger partial charge in [0.05, 0.1) is 13.2 Å². The Morgan fingerprint density at radius 2 is 1.80 bits per heavy atom. The van der Waals surface area contributed by atoms with E-state index in [1.54, 1.807) is 18.7 Å². The fraction of sp³-hybridized carbons (Fsp3) is 0.833. The number of nitro groups is 1. The number of hydrogen-bond donors (Lipinski definition) is 0. The summed E-state index contributed by atoms with van der Waals surface area (Å²) in [6.07, 6.45) is 0. The Kier molecular flexibility index (Phi) is 4.53. The first-order valence-corrected chi connectivity index (χ1v) is 7.61. The second-order valence-corrected chi connectivity index (χ2v) is 6.10. The number of rotatable bonds is 4. The van der Waals surface area contributed by atoms with Crippen molar-refractivity contribution >= 4 is 11.6 Å². The number of anilines is 1. The third kappa shape index (κ3) is 3.38. The summed E-state index contributed by atoms with van der Waals surface area (Å²) >= 11 is 0. The van der Waals surface area contributed by atoms with Crippen LogP contribution in [0.5, 0.6) is 0 Å². The molecule has 0 unspecified atom stereocenters. The molecule has 3 heterocycles. The largest absolute Gasteiger partial charge is 0.594 e. The zero-order chi connectivity index (χ0) is 18.1. The fourth-order valence-corrected chi connectivity index (χ4v) is 2.34. The van der Waals surface area contributed by atoms with Gasteiger partial charge >= 0.3 is 11.5 Å². The van der Waals surface area contributed by atoms with Crippen molar-refractivity contribution in [1.82, 2.24) is 10.3 Å². The summed E-state index contributed by atoms with van der Waals surface area (Å²) in [5, 5.41) is 34.9. The van der Waals surface area contributed by atoms with Gasteiger partial charge in [0, 0.05) is 18.2 Å². The lowest BCUT2D eigenvalue weighted by Crippen LogP contribution is -2.60. The number of aromatic nitrogens is 2. The lowest BCUT2D eigenvalue weighted by atomic mass is 10.2. The highest BCUT2D eigenvalue weighted by atomic mass is 16.7. The summed E-state index contributed by atoms with van der Waals surface area (Å²) in [6.45, 7) is 4.19. The summed E-state index contributed by atoms with van der Waals surface area (Å²) in [7, 11) is 0. The van der Waals surface area contributed by atoms with Gasteiger partial charge in [-0.3, -0.25) is 10.1 Å². The van der Waals surface area contributed by atoms with Crippen molar-refractivity contribution < 1.29 is 28.6 Å². The van der Waals surface area contributed by atoms with Gasteiger partial charge in [-0.05, 0) is 29.0 Å². The molecule has 0 aliphatic carbocycles. The maximum Gasteiger partial charge on any atom is 0.484 e. The van der Waals surface area contributed by atoms with Crippen molar-refractivity contribution in [3.8, 4) is 0 Å². The molecule has 2 aliphatic rings. The standard InChI is InChI=1S/C12H18N6O7/c1-11(2)23-7-12(8-24-11,18(20)21)17(19)13-9-10(15-25-14-9)16-3-5-22-6-4-16/h3-8H2,1-2H3. The van der Waals surface area contributed by atoms with Crippen molar-refractivity contribution in [3.63, 3.8) is 0 Å². The first kappa shape index (κ1) is 17.4. The van der Waals surface area contributed by atoms with Crippen LogP contribution in [0.4, 0.5) is 11.6 Å². The number of ether oxygens (including phenoxy) is 3. The molecule has 25 heavy (non-hydrogen) atoms. The van der Waals surface area contributed by atoms with Gasteiger partial charge in [0.25, 0.3) is 0 Å². The molecule has 1 aromatic heterocycles. The fourth-order valence-electron chi connectivity index (χ4n) is 2.34. The van der Waals surface area contributed by atoms with E-state index in [0.717, 1.165) is 0 Å². The third-order valence-electron chi connectivity index (χ3n) is 3.95. The van der Waals surface area contributed by atoms with Crippen LogP contribution in [0.1, 0.15) is 13.8 Å². The average Bonchev–Trinajstić information content (AvgIpc) is 3.03. The smallest absolute Gasteiger partial charge is 0.484 e. The normalized spacial score (nSPS) is 23.4. The molecule has 0 atom stereocenters. The summed E-state index contributed by atoms with van der Waals surface area (Å²) in [5.74, 6) is -0.946. The summed E-state index contributed by atoms with van der Waals surface area (Å²) in [4.78, 5) is 12.4. The Labute approximate surface area is 141 Å². The number of morpholine rings is 1. The van der Waals surface area contributed by atoms with Crippen LogP contribution in [0.3, 0.4) is 0 Å². The molecule has 0 radical (unpaired) electrons. The minimum atomic E-state index is -2.21. The van der Waals surface area contributed by atoms with E-state index in [0.29, 0.717) is 26.3 Å². The summed E-state index contributed by atoms with van der Waals surface area (Å²) < 4.78 is 20.4. The molecule has 138 valence electrons. The highest BCUT2D eigenvalue weighted by molar-refractivity contribution is 5.55. The van der Waals surface area contributed by atoms with Gasteiger partial charge in [-0.15, -0.1) is 0 Å². The van der Waals surface area contributed by atoms with Crippen LogP contribution >= 0.6 is 0 Å². The van der Waals surface area contributed by atoms with Crippen LogP contribution < -0.4 is 4.90 Å². The molecule has 1 aromatic rings. The lowest BCUT2D eigenvalue weighted by Gasteiger charge is -2.34. The van der Waals surface area contributed by atoms with Crippen LogP contribution in [0.15, 0.2) is 9.74 Å². The zero-order valence-corrected chi connectivity index (χ0v) is 13.8. The zero-order valence-electron chi connectivity index (χ0n) is 13.8. The Bertz CT molecular complexity index is 659. The Balaban J connectivity index is 1.87. The van der Waals surface area contributed by atoms with E-state index < -0.39 is 29.6 Å². The predicted molar refractivity (Wildman–Crippen MR) is 78.8 cm³/mol. The van der Waals surface area contributed by atoms with Crippen LogP contribution in [-0.4, -0.2) is 71.1 Å². The monoisotopic (exact) mass is 358 g/mol. The average molecular weight is 358 g/mol. The summed E-state index contributed by atoms with van der Waals surface area (Å²) in [5.41, 5.74) is -2.21. The van der Waals surface area contributed by atoms with Gasteiger partial charge in [-0.25, -0.2) is 4.63 Å². The lowest BCUT2D eigenvalue weighted by molar-refractivity contribution is -0.825. The van der Waals surface area contributed by atoms with E-state index in [1.165, 1.54) is 0 Å². The highest BCUT2D eigenvalue weighted by Crippen LogP contribution is 2.30. The van der Waals surface area contributed by atoms with Crippen molar-refractivity contribution in [2.24, 2.45) is 5.11 Å². The molecule has 0 saturated carbocycles. The Morgan fingerprint density at radius 1 is 1.16 bits per heavy atom. The molecule has 2 aliphatic heterocycles. The van der Waals surface area contributed by atoms with Gasteiger partial charge in [-0.1, -0.05) is 0 Å². The molecule has 0 bridgehead atoms. The van der Waals surface area contributed by atoms with Crippen LogP contribution in [-0.2, 0) is 14.2 Å². The minimum Gasteiger partial charge on any atom is -0.594 e.